The van der Waals surface area contributed by atoms with Crippen LogP contribution in [0.1, 0.15) is 36.8 Å². The van der Waals surface area contributed by atoms with E-state index in [0.29, 0.717) is 6.20 Å². The minimum Gasteiger partial charge on any atom is -0.349 e. The molecule has 0 saturated heterocycles. The van der Waals surface area contributed by atoms with Gasteiger partial charge in [0, 0.05) is 25.5 Å². The SMILES string of the molecule is CCS(=O)(=O)c1nn2c(C(=O)NC(C)C)ccnc2c1-c1nc2cc(C(F)(F)F)cnc2n1C. The molecule has 14 heteroatoms. The highest BCUT2D eigenvalue weighted by Crippen LogP contribution is 2.34. The van der Waals surface area contributed by atoms with Crippen molar-refractivity contribution < 1.29 is 26.4 Å². The van der Waals surface area contributed by atoms with E-state index in [2.05, 4.69) is 25.4 Å². The van der Waals surface area contributed by atoms with Gasteiger partial charge in [0.25, 0.3) is 5.91 Å². The molecule has 0 fully saturated rings. The van der Waals surface area contributed by atoms with E-state index < -0.39 is 27.5 Å². The van der Waals surface area contributed by atoms with Crippen LogP contribution in [0, 0.1) is 0 Å². The first-order valence-electron chi connectivity index (χ1n) is 10.2. The van der Waals surface area contributed by atoms with Gasteiger partial charge in [-0.05, 0) is 26.0 Å². The van der Waals surface area contributed by atoms with Crippen molar-refractivity contribution in [1.29, 1.82) is 0 Å². The average molecular weight is 495 g/mol. The number of nitrogens with one attached hydrogen (secondary N) is 1. The Labute approximate surface area is 191 Å². The number of imidazole rings is 1. The van der Waals surface area contributed by atoms with Crippen LogP contribution in [0.4, 0.5) is 13.2 Å². The van der Waals surface area contributed by atoms with Gasteiger partial charge in [-0.2, -0.15) is 18.3 Å². The number of pyridine rings is 1. The number of carbonyl (C=O) groups excluding carboxylic acids is 1. The fourth-order valence-corrected chi connectivity index (χ4v) is 4.41. The van der Waals surface area contributed by atoms with Crippen LogP contribution in [0.25, 0.3) is 28.2 Å². The van der Waals surface area contributed by atoms with Crippen molar-refractivity contribution in [3.63, 3.8) is 0 Å². The third kappa shape index (κ3) is 3.87. The fourth-order valence-electron chi connectivity index (χ4n) is 3.44. The van der Waals surface area contributed by atoms with Crippen molar-refractivity contribution in [2.24, 2.45) is 7.05 Å². The predicted molar refractivity (Wildman–Crippen MR) is 116 cm³/mol. The number of rotatable bonds is 5. The van der Waals surface area contributed by atoms with Crippen LogP contribution >= 0.6 is 0 Å². The van der Waals surface area contributed by atoms with Crippen LogP contribution < -0.4 is 5.32 Å². The number of aryl methyl sites for hydroxylation is 1. The normalized spacial score (nSPS) is 12.7. The summed E-state index contributed by atoms with van der Waals surface area (Å²) in [6.07, 6.45) is -2.62. The minimum absolute atomic E-state index is 0.00207. The first-order chi connectivity index (χ1) is 15.8. The summed E-state index contributed by atoms with van der Waals surface area (Å²) in [5, 5.41) is 6.50. The molecule has 0 aliphatic heterocycles. The number of nitrogens with zero attached hydrogens (tertiary/aromatic N) is 6. The Bertz CT molecular complexity index is 1540. The molecule has 0 bridgehead atoms. The molecule has 0 aliphatic rings. The van der Waals surface area contributed by atoms with Gasteiger partial charge < -0.3 is 9.88 Å². The summed E-state index contributed by atoms with van der Waals surface area (Å²) in [5.74, 6) is -0.811. The zero-order chi connectivity index (χ0) is 25.0. The molecule has 0 unspecified atom stereocenters. The third-order valence-electron chi connectivity index (χ3n) is 5.07. The fraction of sp³-hybridized carbons (Fsp3) is 0.350. The zero-order valence-electron chi connectivity index (χ0n) is 18.5. The van der Waals surface area contributed by atoms with E-state index in [1.54, 1.807) is 13.8 Å². The number of sulfone groups is 1. The van der Waals surface area contributed by atoms with Gasteiger partial charge in [0.05, 0.1) is 11.3 Å². The Morgan fingerprint density at radius 3 is 2.53 bits per heavy atom. The second-order valence-corrected chi connectivity index (χ2v) is 10.0. The van der Waals surface area contributed by atoms with Gasteiger partial charge in [0.1, 0.15) is 22.6 Å². The van der Waals surface area contributed by atoms with Gasteiger partial charge in [-0.1, -0.05) is 6.92 Å². The summed E-state index contributed by atoms with van der Waals surface area (Å²) in [6, 6.07) is 2.02. The Morgan fingerprint density at radius 1 is 1.21 bits per heavy atom. The van der Waals surface area contributed by atoms with Gasteiger partial charge in [0.15, 0.2) is 26.2 Å². The number of aromatic nitrogens is 6. The largest absolute Gasteiger partial charge is 0.417 e. The van der Waals surface area contributed by atoms with E-state index in [9.17, 15) is 26.4 Å². The summed E-state index contributed by atoms with van der Waals surface area (Å²) in [7, 11) is -2.46. The number of halogens is 3. The molecule has 4 aromatic rings. The van der Waals surface area contributed by atoms with Crippen molar-refractivity contribution in [3.8, 4) is 11.4 Å². The molecule has 0 saturated carbocycles. The standard InChI is InChI=1S/C20H20F3N7O3S/c1-5-34(32,33)19-14(16-24-7-6-13(30(16)28-19)18(31)26-10(2)3)17-27-12-8-11(20(21,22)23)9-25-15(12)29(17)4/h6-10H,5H2,1-4H3,(H,26,31). The number of alkyl halides is 3. The molecule has 4 aromatic heterocycles. The lowest BCUT2D eigenvalue weighted by Gasteiger charge is -2.09. The van der Waals surface area contributed by atoms with Crippen LogP contribution in [0.15, 0.2) is 29.6 Å². The van der Waals surface area contributed by atoms with E-state index in [-0.39, 0.29) is 50.7 Å². The maximum absolute atomic E-state index is 13.2. The topological polar surface area (TPSA) is 124 Å². The van der Waals surface area contributed by atoms with E-state index >= 15 is 0 Å². The van der Waals surface area contributed by atoms with Crippen LogP contribution in [0.2, 0.25) is 0 Å². The summed E-state index contributed by atoms with van der Waals surface area (Å²) in [4.78, 5) is 25.0. The molecule has 0 spiro atoms. The van der Waals surface area contributed by atoms with Crippen molar-refractivity contribution in [2.45, 2.75) is 38.0 Å². The molecule has 0 radical (unpaired) electrons. The van der Waals surface area contributed by atoms with Crippen LogP contribution in [0.3, 0.4) is 0 Å². The Kier molecular flexibility index (Phi) is 5.58. The monoisotopic (exact) mass is 495 g/mol. The predicted octanol–water partition coefficient (Wildman–Crippen LogP) is 2.63. The number of hydrogen-bond donors (Lipinski definition) is 1. The number of carbonyl (C=O) groups is 1. The lowest BCUT2D eigenvalue weighted by molar-refractivity contribution is -0.137. The number of amides is 1. The molecule has 0 aliphatic carbocycles. The molecule has 4 rings (SSSR count). The van der Waals surface area contributed by atoms with Gasteiger partial charge >= 0.3 is 6.18 Å². The average Bonchev–Trinajstić information content (AvgIpc) is 3.30. The third-order valence-corrected chi connectivity index (χ3v) is 6.71. The second-order valence-electron chi connectivity index (χ2n) is 7.84. The molecule has 1 amide bonds. The van der Waals surface area contributed by atoms with Crippen molar-refractivity contribution >= 4 is 32.6 Å². The first kappa shape index (κ1) is 23.6. The van der Waals surface area contributed by atoms with E-state index in [1.807, 2.05) is 0 Å². The molecule has 1 N–H and O–H groups in total. The zero-order valence-corrected chi connectivity index (χ0v) is 19.4. The number of hydrogen-bond acceptors (Lipinski definition) is 7. The number of fused-ring (bicyclic) bond motifs is 2. The Morgan fingerprint density at radius 2 is 1.91 bits per heavy atom. The second kappa shape index (κ2) is 8.04. The molecule has 0 atom stereocenters. The maximum atomic E-state index is 13.2. The highest BCUT2D eigenvalue weighted by molar-refractivity contribution is 7.91. The van der Waals surface area contributed by atoms with Crippen LogP contribution in [-0.4, -0.2) is 55.3 Å². The molecule has 10 nitrogen and oxygen atoms in total. The summed E-state index contributed by atoms with van der Waals surface area (Å²) in [6.45, 7) is 4.95. The smallest absolute Gasteiger partial charge is 0.349 e. The highest BCUT2D eigenvalue weighted by atomic mass is 32.2. The Hall–Kier alpha value is -3.55. The molecule has 4 heterocycles. The molecule has 34 heavy (non-hydrogen) atoms. The van der Waals surface area contributed by atoms with Gasteiger partial charge in [0.2, 0.25) is 0 Å². The van der Waals surface area contributed by atoms with Crippen LogP contribution in [-0.2, 0) is 23.1 Å². The van der Waals surface area contributed by atoms with Crippen molar-refractivity contribution in [3.05, 3.63) is 35.8 Å². The van der Waals surface area contributed by atoms with Gasteiger partial charge in [-0.3, -0.25) is 4.79 Å². The minimum atomic E-state index is -4.62. The molecular weight excluding hydrogens is 475 g/mol. The summed E-state index contributed by atoms with van der Waals surface area (Å²) >= 11 is 0. The quantitative estimate of drug-likeness (QED) is 0.451. The summed E-state index contributed by atoms with van der Waals surface area (Å²) < 4.78 is 67.8. The van der Waals surface area contributed by atoms with Gasteiger partial charge in [-0.25, -0.2) is 27.9 Å². The van der Waals surface area contributed by atoms with Crippen molar-refractivity contribution in [1.82, 2.24) is 34.4 Å². The molecular formula is C20H20F3N7O3S. The first-order valence-corrected chi connectivity index (χ1v) is 11.8. The van der Waals surface area contributed by atoms with E-state index in [1.165, 1.54) is 30.8 Å². The summed E-state index contributed by atoms with van der Waals surface area (Å²) in [5.41, 5.74) is -0.949. The maximum Gasteiger partial charge on any atom is 0.417 e. The van der Waals surface area contributed by atoms with E-state index in [4.69, 9.17) is 0 Å². The molecule has 0 aromatic carbocycles. The van der Waals surface area contributed by atoms with Crippen LogP contribution in [0.5, 0.6) is 0 Å². The van der Waals surface area contributed by atoms with Crippen molar-refractivity contribution in [2.75, 3.05) is 5.75 Å². The molecule has 180 valence electrons. The lowest BCUT2D eigenvalue weighted by atomic mass is 10.2. The van der Waals surface area contributed by atoms with Gasteiger partial charge in [-0.15, -0.1) is 0 Å². The van der Waals surface area contributed by atoms with E-state index in [0.717, 1.165) is 10.6 Å². The highest BCUT2D eigenvalue weighted by Gasteiger charge is 2.33. The lowest BCUT2D eigenvalue weighted by Crippen LogP contribution is -2.31. The Balaban J connectivity index is 2.05.